The summed E-state index contributed by atoms with van der Waals surface area (Å²) in [4.78, 5) is 16.5. The van der Waals surface area contributed by atoms with Gasteiger partial charge >= 0.3 is 0 Å². The summed E-state index contributed by atoms with van der Waals surface area (Å²) in [5.41, 5.74) is 2.09. The van der Waals surface area contributed by atoms with Gasteiger partial charge in [-0.15, -0.1) is 0 Å². The molecular formula is C23H35N5O2. The maximum absolute atomic E-state index is 9.93. The molecule has 0 spiro atoms. The van der Waals surface area contributed by atoms with Gasteiger partial charge in [0.2, 0.25) is 11.8 Å². The zero-order valence-electron chi connectivity index (χ0n) is 18.5. The number of aliphatic hydroxyl groups excluding tert-OH is 1. The Morgan fingerprint density at radius 1 is 1.13 bits per heavy atom. The first-order valence-electron chi connectivity index (χ1n) is 11.5. The molecule has 2 aliphatic rings. The average Bonchev–Trinajstić information content (AvgIpc) is 2.76. The second-order valence-electron chi connectivity index (χ2n) is 9.05. The highest BCUT2D eigenvalue weighted by atomic mass is 16.5. The average molecular weight is 414 g/mol. The molecule has 30 heavy (non-hydrogen) atoms. The first-order chi connectivity index (χ1) is 14.5. The van der Waals surface area contributed by atoms with Crippen LogP contribution >= 0.6 is 0 Å². The molecule has 7 heteroatoms. The van der Waals surface area contributed by atoms with Crippen LogP contribution in [0.2, 0.25) is 0 Å². The highest BCUT2D eigenvalue weighted by Gasteiger charge is 2.26. The number of likely N-dealkylation sites (tertiary alicyclic amines) is 1. The fraction of sp³-hybridized carbons (Fsp3) is 0.696. The van der Waals surface area contributed by atoms with Crippen molar-refractivity contribution in [2.24, 2.45) is 0 Å². The fourth-order valence-electron chi connectivity index (χ4n) is 4.45. The lowest BCUT2D eigenvalue weighted by Gasteiger charge is -2.30. The van der Waals surface area contributed by atoms with Crippen molar-refractivity contribution in [3.05, 3.63) is 18.0 Å². The standard InChI is InChI=1S/C23H35N5O2/c1-4-15(2)26-23-25-14-20-21(27-23)19(16-5-7-17(29)8-6-16)13-24-22(20)30-18-9-11-28(3)12-10-18/h13-18,29H,4-12H2,1-3H3,(H,25,26,27)/t15-,16-,17-/m0/s1. The molecule has 2 aromatic rings. The number of anilines is 1. The lowest BCUT2D eigenvalue weighted by molar-refractivity contribution is 0.111. The van der Waals surface area contributed by atoms with Crippen molar-refractivity contribution >= 4 is 16.9 Å². The van der Waals surface area contributed by atoms with Gasteiger partial charge in [0.25, 0.3) is 0 Å². The maximum Gasteiger partial charge on any atom is 0.224 e. The summed E-state index contributed by atoms with van der Waals surface area (Å²) < 4.78 is 6.34. The van der Waals surface area contributed by atoms with Crippen LogP contribution in [0.3, 0.4) is 0 Å². The van der Waals surface area contributed by atoms with Crippen LogP contribution in [0.4, 0.5) is 5.95 Å². The van der Waals surface area contributed by atoms with Crippen molar-refractivity contribution < 1.29 is 9.84 Å². The quantitative estimate of drug-likeness (QED) is 0.746. The van der Waals surface area contributed by atoms with Gasteiger partial charge in [-0.05, 0) is 64.8 Å². The molecule has 1 aliphatic heterocycles. The van der Waals surface area contributed by atoms with E-state index >= 15 is 0 Å². The van der Waals surface area contributed by atoms with Crippen molar-refractivity contribution in [3.63, 3.8) is 0 Å². The maximum atomic E-state index is 9.93. The lowest BCUT2D eigenvalue weighted by Crippen LogP contribution is -2.35. The highest BCUT2D eigenvalue weighted by molar-refractivity contribution is 5.86. The molecule has 0 radical (unpaired) electrons. The van der Waals surface area contributed by atoms with Gasteiger partial charge < -0.3 is 20.1 Å². The Kier molecular flexibility index (Phi) is 6.68. The van der Waals surface area contributed by atoms with E-state index in [0.717, 1.165) is 74.5 Å². The molecule has 2 N–H and O–H groups in total. The Balaban J connectivity index is 1.66. The van der Waals surface area contributed by atoms with E-state index < -0.39 is 0 Å². The van der Waals surface area contributed by atoms with Crippen molar-refractivity contribution in [2.45, 2.75) is 83.0 Å². The fourth-order valence-corrected chi connectivity index (χ4v) is 4.45. The number of aromatic nitrogens is 3. The molecule has 0 aromatic carbocycles. The summed E-state index contributed by atoms with van der Waals surface area (Å²) in [6, 6.07) is 0.313. The van der Waals surface area contributed by atoms with E-state index in [2.05, 4.69) is 36.1 Å². The number of nitrogens with zero attached hydrogens (tertiary/aromatic N) is 4. The summed E-state index contributed by atoms with van der Waals surface area (Å²) in [5, 5.41) is 14.2. The molecule has 3 heterocycles. The van der Waals surface area contributed by atoms with Crippen LogP contribution in [-0.4, -0.2) is 63.3 Å². The third kappa shape index (κ3) is 4.83. The second kappa shape index (κ2) is 9.43. The second-order valence-corrected chi connectivity index (χ2v) is 9.05. The number of fused-ring (bicyclic) bond motifs is 1. The zero-order chi connectivity index (χ0) is 21.1. The Morgan fingerprint density at radius 3 is 2.57 bits per heavy atom. The predicted molar refractivity (Wildman–Crippen MR) is 119 cm³/mol. The first-order valence-corrected chi connectivity index (χ1v) is 11.5. The normalized spacial score (nSPS) is 24.7. The minimum absolute atomic E-state index is 0.176. The van der Waals surface area contributed by atoms with Crippen molar-refractivity contribution in [3.8, 4) is 5.88 Å². The van der Waals surface area contributed by atoms with Gasteiger partial charge in [-0.1, -0.05) is 6.92 Å². The summed E-state index contributed by atoms with van der Waals surface area (Å²) in [7, 11) is 2.15. The number of nitrogens with one attached hydrogen (secondary N) is 1. The van der Waals surface area contributed by atoms with Crippen LogP contribution in [-0.2, 0) is 0 Å². The van der Waals surface area contributed by atoms with E-state index in [0.29, 0.717) is 23.8 Å². The molecule has 164 valence electrons. The molecule has 0 bridgehead atoms. The number of ether oxygens (including phenoxy) is 1. The molecule has 4 rings (SSSR count). The molecule has 2 fully saturated rings. The lowest BCUT2D eigenvalue weighted by atomic mass is 9.83. The molecule has 0 unspecified atom stereocenters. The number of piperidine rings is 1. The number of hydrogen-bond donors (Lipinski definition) is 2. The predicted octanol–water partition coefficient (Wildman–Crippen LogP) is 3.73. The third-order valence-electron chi connectivity index (χ3n) is 6.68. The Morgan fingerprint density at radius 2 is 1.87 bits per heavy atom. The Labute approximate surface area is 179 Å². The van der Waals surface area contributed by atoms with Gasteiger partial charge in [0.1, 0.15) is 6.10 Å². The van der Waals surface area contributed by atoms with Crippen molar-refractivity contribution in [2.75, 3.05) is 25.5 Å². The Bertz CT molecular complexity index is 845. The van der Waals surface area contributed by atoms with Gasteiger partial charge in [0.15, 0.2) is 0 Å². The monoisotopic (exact) mass is 413 g/mol. The third-order valence-corrected chi connectivity index (χ3v) is 6.68. The van der Waals surface area contributed by atoms with Gasteiger partial charge in [-0.2, -0.15) is 0 Å². The zero-order valence-corrected chi connectivity index (χ0v) is 18.5. The summed E-state index contributed by atoms with van der Waals surface area (Å²) in [6.07, 6.45) is 10.5. The van der Waals surface area contributed by atoms with Crippen molar-refractivity contribution in [1.82, 2.24) is 19.9 Å². The van der Waals surface area contributed by atoms with Gasteiger partial charge in [-0.25, -0.2) is 15.0 Å². The highest BCUT2D eigenvalue weighted by Crippen LogP contribution is 2.38. The number of rotatable bonds is 6. The van der Waals surface area contributed by atoms with Crippen LogP contribution in [0.25, 0.3) is 10.9 Å². The largest absolute Gasteiger partial charge is 0.474 e. The molecule has 2 aromatic heterocycles. The molecular weight excluding hydrogens is 378 g/mol. The van der Waals surface area contributed by atoms with E-state index in [4.69, 9.17) is 14.7 Å². The molecule has 1 saturated heterocycles. The smallest absolute Gasteiger partial charge is 0.224 e. The Hall–Kier alpha value is -1.99. The van der Waals surface area contributed by atoms with E-state index in [1.807, 2.05) is 12.4 Å². The number of hydrogen-bond acceptors (Lipinski definition) is 7. The van der Waals surface area contributed by atoms with Gasteiger partial charge in [0, 0.05) is 37.1 Å². The van der Waals surface area contributed by atoms with E-state index in [-0.39, 0.29) is 12.2 Å². The summed E-state index contributed by atoms with van der Waals surface area (Å²) in [5.74, 6) is 1.67. The van der Waals surface area contributed by atoms with E-state index in [9.17, 15) is 5.11 Å². The van der Waals surface area contributed by atoms with Crippen LogP contribution in [0.5, 0.6) is 5.88 Å². The topological polar surface area (TPSA) is 83.4 Å². The van der Waals surface area contributed by atoms with Crippen molar-refractivity contribution in [1.29, 1.82) is 0 Å². The molecule has 0 amide bonds. The van der Waals surface area contributed by atoms with Gasteiger partial charge in [-0.3, -0.25) is 0 Å². The number of aliphatic hydroxyl groups is 1. The van der Waals surface area contributed by atoms with Crippen LogP contribution in [0, 0.1) is 0 Å². The van der Waals surface area contributed by atoms with Crippen LogP contribution < -0.4 is 10.1 Å². The molecule has 1 aliphatic carbocycles. The minimum Gasteiger partial charge on any atom is -0.474 e. The first kappa shape index (κ1) is 21.2. The van der Waals surface area contributed by atoms with Gasteiger partial charge in [0.05, 0.1) is 17.0 Å². The summed E-state index contributed by atoms with van der Waals surface area (Å²) >= 11 is 0. The van der Waals surface area contributed by atoms with Crippen LogP contribution in [0.1, 0.15) is 70.3 Å². The minimum atomic E-state index is -0.176. The number of pyridine rings is 1. The van der Waals surface area contributed by atoms with Crippen LogP contribution in [0.15, 0.2) is 12.4 Å². The SMILES string of the molecule is CC[C@H](C)Nc1ncc2c(OC3CCN(C)CC3)ncc([C@H]3CC[C@H](O)CC3)c2n1. The molecule has 1 atom stereocenters. The molecule has 7 nitrogen and oxygen atoms in total. The van der Waals surface area contributed by atoms with E-state index in [1.165, 1.54) is 0 Å². The molecule has 1 saturated carbocycles. The summed E-state index contributed by atoms with van der Waals surface area (Å²) in [6.45, 7) is 6.38. The van der Waals surface area contributed by atoms with E-state index in [1.54, 1.807) is 0 Å².